The number of halogens is 3. The van der Waals surface area contributed by atoms with Crippen molar-refractivity contribution in [1.29, 1.82) is 0 Å². The minimum absolute atomic E-state index is 0.126. The number of hydrazone groups is 1. The molecule has 120 valence electrons. The Balaban J connectivity index is 2.18. The van der Waals surface area contributed by atoms with Gasteiger partial charge in [-0.1, -0.05) is 17.7 Å². The summed E-state index contributed by atoms with van der Waals surface area (Å²) < 4.78 is 0.498. The second-order valence-corrected chi connectivity index (χ2v) is 6.70. The number of phenols is 2. The average molecular weight is 463 g/mol. The van der Waals surface area contributed by atoms with E-state index in [1.54, 1.807) is 18.2 Å². The predicted molar refractivity (Wildman–Crippen MR) is 96.4 cm³/mol. The molecule has 0 aliphatic carbocycles. The Kier molecular flexibility index (Phi) is 5.67. The molecular weight excluding hydrogens is 451 g/mol. The van der Waals surface area contributed by atoms with E-state index in [4.69, 9.17) is 11.6 Å². The molecule has 2 rings (SSSR count). The molecule has 2 aromatic rings. The zero-order valence-electron chi connectivity index (χ0n) is 11.8. The molecule has 0 atom stereocenters. The Labute approximate surface area is 154 Å². The highest BCUT2D eigenvalue weighted by atomic mass is 79.9. The molecule has 0 aliphatic rings. The largest absolute Gasteiger partial charge is 0.506 e. The smallest absolute Gasteiger partial charge is 0.272 e. The van der Waals surface area contributed by atoms with E-state index in [2.05, 4.69) is 42.4 Å². The standard InChI is InChI=1S/C15H11Br2ClN2O3/c1-7-2-3-9(11(18)4-7)15(23)20-19-6-8-5-10(16)14(22)12(17)13(8)21/h2-6,21-22H,1H3,(H,20,23)/b19-6-. The summed E-state index contributed by atoms with van der Waals surface area (Å²) in [5.41, 5.74) is 3.87. The van der Waals surface area contributed by atoms with Gasteiger partial charge in [0, 0.05) is 5.56 Å². The first kappa shape index (κ1) is 17.8. The summed E-state index contributed by atoms with van der Waals surface area (Å²) in [4.78, 5) is 12.0. The highest BCUT2D eigenvalue weighted by Crippen LogP contribution is 2.40. The van der Waals surface area contributed by atoms with E-state index in [0.29, 0.717) is 20.6 Å². The van der Waals surface area contributed by atoms with E-state index < -0.39 is 5.91 Å². The van der Waals surface area contributed by atoms with Crippen LogP contribution >= 0.6 is 43.5 Å². The zero-order chi connectivity index (χ0) is 17.1. The van der Waals surface area contributed by atoms with Crippen molar-refractivity contribution >= 4 is 55.6 Å². The lowest BCUT2D eigenvalue weighted by Crippen LogP contribution is -2.18. The van der Waals surface area contributed by atoms with Crippen molar-refractivity contribution in [1.82, 2.24) is 5.43 Å². The van der Waals surface area contributed by atoms with Gasteiger partial charge in [0.2, 0.25) is 0 Å². The van der Waals surface area contributed by atoms with E-state index in [-0.39, 0.29) is 16.0 Å². The van der Waals surface area contributed by atoms with Crippen LogP contribution in [0.1, 0.15) is 21.5 Å². The number of nitrogens with zero attached hydrogens (tertiary/aromatic N) is 1. The number of carbonyl (C=O) groups excluding carboxylic acids is 1. The van der Waals surface area contributed by atoms with Crippen LogP contribution in [0.4, 0.5) is 0 Å². The Morgan fingerprint density at radius 3 is 2.61 bits per heavy atom. The number of phenolic OH excluding ortho intramolecular Hbond substituents is 2. The fourth-order valence-electron chi connectivity index (χ4n) is 1.74. The van der Waals surface area contributed by atoms with Gasteiger partial charge in [-0.05, 0) is 62.5 Å². The van der Waals surface area contributed by atoms with Crippen molar-refractivity contribution in [3.63, 3.8) is 0 Å². The number of hydrogen-bond donors (Lipinski definition) is 3. The lowest BCUT2D eigenvalue weighted by atomic mass is 10.1. The van der Waals surface area contributed by atoms with E-state index in [1.807, 2.05) is 6.92 Å². The molecule has 0 unspecified atom stereocenters. The Hall–Kier alpha value is -1.57. The summed E-state index contributed by atoms with van der Waals surface area (Å²) in [6.45, 7) is 1.87. The third-order valence-electron chi connectivity index (χ3n) is 2.94. The van der Waals surface area contributed by atoms with Crippen molar-refractivity contribution in [2.75, 3.05) is 0 Å². The first-order valence-electron chi connectivity index (χ1n) is 6.30. The monoisotopic (exact) mass is 460 g/mol. The zero-order valence-corrected chi connectivity index (χ0v) is 15.7. The van der Waals surface area contributed by atoms with E-state index in [0.717, 1.165) is 5.56 Å². The summed E-state index contributed by atoms with van der Waals surface area (Å²) in [5, 5.41) is 23.7. The van der Waals surface area contributed by atoms with Crippen LogP contribution in [0.2, 0.25) is 5.02 Å². The third-order valence-corrected chi connectivity index (χ3v) is 4.60. The van der Waals surface area contributed by atoms with Crippen molar-refractivity contribution in [2.24, 2.45) is 5.10 Å². The van der Waals surface area contributed by atoms with Crippen molar-refractivity contribution in [3.8, 4) is 11.5 Å². The molecule has 0 fully saturated rings. The summed E-state index contributed by atoms with van der Waals surface area (Å²) in [6.07, 6.45) is 1.25. The van der Waals surface area contributed by atoms with Crippen LogP contribution in [-0.4, -0.2) is 22.3 Å². The highest BCUT2D eigenvalue weighted by molar-refractivity contribution is 9.11. The predicted octanol–water partition coefficient (Wildman–Crippen LogP) is 4.35. The molecule has 0 aromatic heterocycles. The molecule has 0 radical (unpaired) electrons. The van der Waals surface area contributed by atoms with Crippen LogP contribution in [0, 0.1) is 6.92 Å². The van der Waals surface area contributed by atoms with E-state index in [9.17, 15) is 15.0 Å². The first-order valence-corrected chi connectivity index (χ1v) is 8.27. The van der Waals surface area contributed by atoms with Crippen LogP contribution in [0.15, 0.2) is 38.3 Å². The summed E-state index contributed by atoms with van der Waals surface area (Å²) in [6, 6.07) is 6.52. The van der Waals surface area contributed by atoms with Crippen molar-refractivity contribution in [2.45, 2.75) is 6.92 Å². The molecular formula is C15H11Br2ClN2O3. The third kappa shape index (κ3) is 4.04. The van der Waals surface area contributed by atoms with Gasteiger partial charge >= 0.3 is 0 Å². The van der Waals surface area contributed by atoms with Gasteiger partial charge in [-0.2, -0.15) is 5.10 Å². The number of amides is 1. The molecule has 8 heteroatoms. The first-order chi connectivity index (χ1) is 10.8. The van der Waals surface area contributed by atoms with Gasteiger partial charge < -0.3 is 10.2 Å². The Bertz CT molecular complexity index is 810. The van der Waals surface area contributed by atoms with E-state index >= 15 is 0 Å². The lowest BCUT2D eigenvalue weighted by Gasteiger charge is -2.06. The summed E-state index contributed by atoms with van der Waals surface area (Å²) >= 11 is 12.2. The molecule has 5 nitrogen and oxygen atoms in total. The number of aromatic hydroxyl groups is 2. The number of hydrogen-bond acceptors (Lipinski definition) is 4. The van der Waals surface area contributed by atoms with E-state index in [1.165, 1.54) is 12.3 Å². The fourth-order valence-corrected chi connectivity index (χ4v) is 3.21. The maximum atomic E-state index is 12.0. The van der Waals surface area contributed by atoms with Gasteiger partial charge in [0.15, 0.2) is 0 Å². The van der Waals surface area contributed by atoms with Gasteiger partial charge in [0.05, 0.1) is 21.3 Å². The number of nitrogens with one attached hydrogen (secondary N) is 1. The number of carbonyl (C=O) groups is 1. The second kappa shape index (κ2) is 7.33. The number of aryl methyl sites for hydroxylation is 1. The van der Waals surface area contributed by atoms with Crippen LogP contribution in [0.25, 0.3) is 0 Å². The summed E-state index contributed by atoms with van der Waals surface area (Å²) in [5.74, 6) is -0.796. The van der Waals surface area contributed by atoms with Crippen LogP contribution in [0.5, 0.6) is 11.5 Å². The molecule has 0 saturated carbocycles. The van der Waals surface area contributed by atoms with Gasteiger partial charge in [0.25, 0.3) is 5.91 Å². The topological polar surface area (TPSA) is 81.9 Å². The van der Waals surface area contributed by atoms with Gasteiger partial charge in [-0.3, -0.25) is 4.79 Å². The van der Waals surface area contributed by atoms with Crippen LogP contribution < -0.4 is 5.43 Å². The Morgan fingerprint density at radius 1 is 1.26 bits per heavy atom. The molecule has 1 amide bonds. The molecule has 0 spiro atoms. The molecule has 0 heterocycles. The highest BCUT2D eigenvalue weighted by Gasteiger charge is 2.13. The summed E-state index contributed by atoms with van der Waals surface area (Å²) in [7, 11) is 0. The molecule has 2 aromatic carbocycles. The van der Waals surface area contributed by atoms with Crippen LogP contribution in [-0.2, 0) is 0 Å². The minimum Gasteiger partial charge on any atom is -0.506 e. The Morgan fingerprint density at radius 2 is 1.96 bits per heavy atom. The molecule has 0 saturated heterocycles. The maximum absolute atomic E-state index is 12.0. The minimum atomic E-state index is -0.470. The molecule has 23 heavy (non-hydrogen) atoms. The van der Waals surface area contributed by atoms with Crippen molar-refractivity contribution in [3.05, 3.63) is 54.9 Å². The molecule has 0 bridgehead atoms. The van der Waals surface area contributed by atoms with Crippen molar-refractivity contribution < 1.29 is 15.0 Å². The normalized spacial score (nSPS) is 11.0. The second-order valence-electron chi connectivity index (χ2n) is 4.64. The SMILES string of the molecule is Cc1ccc(C(=O)N/N=C\c2cc(Br)c(O)c(Br)c2O)c(Cl)c1. The van der Waals surface area contributed by atoms with Gasteiger partial charge in [0.1, 0.15) is 16.0 Å². The number of rotatable bonds is 3. The maximum Gasteiger partial charge on any atom is 0.272 e. The number of benzene rings is 2. The quantitative estimate of drug-likeness (QED) is 0.469. The molecule has 3 N–H and O–H groups in total. The molecule has 0 aliphatic heterocycles. The average Bonchev–Trinajstić information content (AvgIpc) is 2.50. The van der Waals surface area contributed by atoms with Crippen LogP contribution in [0.3, 0.4) is 0 Å². The van der Waals surface area contributed by atoms with Gasteiger partial charge in [-0.15, -0.1) is 0 Å². The van der Waals surface area contributed by atoms with Gasteiger partial charge in [-0.25, -0.2) is 5.43 Å². The fraction of sp³-hybridized carbons (Fsp3) is 0.0667. The lowest BCUT2D eigenvalue weighted by molar-refractivity contribution is 0.0955.